The number of methoxy groups -OCH3 is 2. The number of fused-ring (bicyclic) bond motifs is 1. The van der Waals surface area contributed by atoms with E-state index in [0.29, 0.717) is 16.4 Å². The molecule has 0 aliphatic carbocycles. The second-order valence-corrected chi connectivity index (χ2v) is 4.61. The van der Waals surface area contributed by atoms with Crippen LogP contribution in [0.3, 0.4) is 0 Å². The van der Waals surface area contributed by atoms with Crippen LogP contribution in [0.4, 0.5) is 0 Å². The second kappa shape index (κ2) is 5.59. The van der Waals surface area contributed by atoms with Gasteiger partial charge in [0, 0.05) is 10.1 Å². The van der Waals surface area contributed by atoms with Crippen molar-refractivity contribution in [1.82, 2.24) is 0 Å². The Hall–Kier alpha value is -2.26. The first-order valence-corrected chi connectivity index (χ1v) is 6.21. The smallest absolute Gasteiger partial charge is 0.351 e. The zero-order valence-corrected chi connectivity index (χ0v) is 11.2. The molecular formula is C13H11NO4S. The lowest BCUT2D eigenvalue weighted by Crippen LogP contribution is -2.02. The van der Waals surface area contributed by atoms with E-state index in [-0.39, 0.29) is 6.61 Å². The summed E-state index contributed by atoms with van der Waals surface area (Å²) in [4.78, 5) is 12.1. The summed E-state index contributed by atoms with van der Waals surface area (Å²) in [5, 5.41) is 9.35. The van der Waals surface area contributed by atoms with E-state index in [1.165, 1.54) is 18.4 Å². The molecule has 1 aromatic carbocycles. The second-order valence-electron chi connectivity index (χ2n) is 3.56. The Bertz CT molecular complexity index is 656. The molecule has 0 N–H and O–H groups in total. The predicted octanol–water partition coefficient (Wildman–Crippen LogP) is 2.60. The van der Waals surface area contributed by atoms with E-state index in [9.17, 15) is 4.79 Å². The number of benzene rings is 1. The fourth-order valence-electron chi connectivity index (χ4n) is 1.66. The molecular weight excluding hydrogens is 266 g/mol. The molecule has 1 aromatic heterocycles. The van der Waals surface area contributed by atoms with Crippen molar-refractivity contribution in [3.63, 3.8) is 0 Å². The topological polar surface area (TPSA) is 68.6 Å². The molecule has 0 saturated heterocycles. The fraction of sp³-hybridized carbons (Fsp3) is 0.231. The van der Waals surface area contributed by atoms with Gasteiger partial charge in [0.15, 0.2) is 17.2 Å². The van der Waals surface area contributed by atoms with Gasteiger partial charge in [0.1, 0.15) is 11.8 Å². The van der Waals surface area contributed by atoms with Crippen LogP contribution in [0.1, 0.15) is 9.67 Å². The lowest BCUT2D eigenvalue weighted by atomic mass is 10.2. The van der Waals surface area contributed by atoms with Gasteiger partial charge in [-0.05, 0) is 18.2 Å². The number of hydrogen-bond donors (Lipinski definition) is 0. The average molecular weight is 277 g/mol. The van der Waals surface area contributed by atoms with Crippen molar-refractivity contribution >= 4 is 27.4 Å². The van der Waals surface area contributed by atoms with E-state index in [0.717, 1.165) is 10.1 Å². The first-order valence-electron chi connectivity index (χ1n) is 5.40. The maximum atomic E-state index is 11.7. The van der Waals surface area contributed by atoms with E-state index in [2.05, 4.69) is 0 Å². The van der Waals surface area contributed by atoms with Gasteiger partial charge in [-0.15, -0.1) is 11.3 Å². The number of ether oxygens (including phenoxy) is 3. The first kappa shape index (κ1) is 13.2. The van der Waals surface area contributed by atoms with Crippen LogP contribution in [0.25, 0.3) is 10.1 Å². The summed E-state index contributed by atoms with van der Waals surface area (Å²) in [6.07, 6.45) is 0. The minimum absolute atomic E-state index is 0.132. The summed E-state index contributed by atoms with van der Waals surface area (Å²) in [5.41, 5.74) is 0. The molecule has 19 heavy (non-hydrogen) atoms. The Labute approximate surface area is 113 Å². The third-order valence-corrected chi connectivity index (χ3v) is 3.63. The quantitative estimate of drug-likeness (QED) is 0.803. The Morgan fingerprint density at radius 1 is 1.42 bits per heavy atom. The molecule has 98 valence electrons. The maximum absolute atomic E-state index is 11.7. The summed E-state index contributed by atoms with van der Waals surface area (Å²) in [7, 11) is 2.87. The van der Waals surface area contributed by atoms with Crippen molar-refractivity contribution in [3.8, 4) is 17.6 Å². The van der Waals surface area contributed by atoms with Crippen molar-refractivity contribution in [3.05, 3.63) is 23.1 Å². The van der Waals surface area contributed by atoms with Gasteiger partial charge < -0.3 is 14.2 Å². The monoisotopic (exact) mass is 277 g/mol. The molecule has 0 radical (unpaired) electrons. The molecule has 0 aliphatic heterocycles. The molecule has 0 fully saturated rings. The normalized spacial score (nSPS) is 9.95. The van der Waals surface area contributed by atoms with Gasteiger partial charge in [0.05, 0.1) is 14.2 Å². The van der Waals surface area contributed by atoms with Crippen LogP contribution in [0.5, 0.6) is 11.5 Å². The van der Waals surface area contributed by atoms with E-state index in [1.54, 1.807) is 19.2 Å². The molecule has 2 aromatic rings. The van der Waals surface area contributed by atoms with E-state index in [1.807, 2.05) is 12.1 Å². The molecule has 0 unspecified atom stereocenters. The Morgan fingerprint density at radius 3 is 2.84 bits per heavy atom. The molecule has 0 atom stereocenters. The minimum Gasteiger partial charge on any atom is -0.497 e. The van der Waals surface area contributed by atoms with Crippen molar-refractivity contribution in [2.75, 3.05) is 20.8 Å². The Morgan fingerprint density at radius 2 is 2.21 bits per heavy atom. The first-order chi connectivity index (χ1) is 9.21. The van der Waals surface area contributed by atoms with E-state index in [4.69, 9.17) is 19.5 Å². The third kappa shape index (κ3) is 2.46. The van der Waals surface area contributed by atoms with Crippen molar-refractivity contribution in [1.29, 1.82) is 5.26 Å². The highest BCUT2D eigenvalue weighted by molar-refractivity contribution is 7.21. The summed E-state index contributed by atoms with van der Waals surface area (Å²) >= 11 is 1.26. The zero-order valence-electron chi connectivity index (χ0n) is 10.4. The summed E-state index contributed by atoms with van der Waals surface area (Å²) < 4.78 is 16.1. The van der Waals surface area contributed by atoms with Crippen LogP contribution < -0.4 is 9.47 Å². The summed E-state index contributed by atoms with van der Waals surface area (Å²) in [6.45, 7) is -0.132. The van der Waals surface area contributed by atoms with Gasteiger partial charge in [-0.3, -0.25) is 0 Å². The highest BCUT2D eigenvalue weighted by Crippen LogP contribution is 2.40. The highest BCUT2D eigenvalue weighted by atomic mass is 32.1. The number of thiophene rings is 1. The van der Waals surface area contributed by atoms with Crippen molar-refractivity contribution in [2.45, 2.75) is 0 Å². The maximum Gasteiger partial charge on any atom is 0.351 e. The van der Waals surface area contributed by atoms with Gasteiger partial charge in [-0.2, -0.15) is 5.26 Å². The minimum atomic E-state index is -0.479. The van der Waals surface area contributed by atoms with Gasteiger partial charge in [-0.1, -0.05) is 0 Å². The number of nitriles is 1. The lowest BCUT2D eigenvalue weighted by molar-refractivity contribution is 0.0603. The largest absolute Gasteiger partial charge is 0.497 e. The molecule has 0 bridgehead atoms. The number of carbonyl (C=O) groups is 1. The standard InChI is InChI=1S/C13H11NO4S/c1-16-8-3-4-10-9(7-8)11(18-6-5-14)12(19-10)13(15)17-2/h3-4,7H,6H2,1-2H3. The molecule has 5 nitrogen and oxygen atoms in total. The van der Waals surface area contributed by atoms with Crippen LogP contribution in [0, 0.1) is 11.3 Å². The predicted molar refractivity (Wildman–Crippen MR) is 70.8 cm³/mol. The number of carbonyl (C=O) groups excluding carboxylic acids is 1. The van der Waals surface area contributed by atoms with E-state index < -0.39 is 5.97 Å². The van der Waals surface area contributed by atoms with Crippen LogP contribution in [0.2, 0.25) is 0 Å². The third-order valence-electron chi connectivity index (χ3n) is 2.50. The van der Waals surface area contributed by atoms with Crippen molar-refractivity contribution in [2.24, 2.45) is 0 Å². The van der Waals surface area contributed by atoms with Gasteiger partial charge in [-0.25, -0.2) is 4.79 Å². The van der Waals surface area contributed by atoms with Crippen LogP contribution in [-0.2, 0) is 4.74 Å². The number of nitrogens with zero attached hydrogens (tertiary/aromatic N) is 1. The molecule has 6 heteroatoms. The molecule has 2 rings (SSSR count). The van der Waals surface area contributed by atoms with Crippen LogP contribution >= 0.6 is 11.3 Å². The van der Waals surface area contributed by atoms with Gasteiger partial charge in [0.2, 0.25) is 0 Å². The van der Waals surface area contributed by atoms with Gasteiger partial charge in [0.25, 0.3) is 0 Å². The highest BCUT2D eigenvalue weighted by Gasteiger charge is 2.21. The molecule has 0 aliphatic rings. The fourth-order valence-corrected chi connectivity index (χ4v) is 2.70. The number of rotatable bonds is 4. The summed E-state index contributed by atoms with van der Waals surface area (Å²) in [5.74, 6) is 0.545. The van der Waals surface area contributed by atoms with E-state index >= 15 is 0 Å². The molecule has 0 amide bonds. The van der Waals surface area contributed by atoms with Crippen molar-refractivity contribution < 1.29 is 19.0 Å². The van der Waals surface area contributed by atoms with Crippen LogP contribution in [0.15, 0.2) is 18.2 Å². The Kier molecular flexibility index (Phi) is 3.88. The van der Waals surface area contributed by atoms with Crippen LogP contribution in [-0.4, -0.2) is 26.8 Å². The average Bonchev–Trinajstić information content (AvgIpc) is 2.81. The molecule has 0 saturated carbocycles. The SMILES string of the molecule is COC(=O)c1sc2ccc(OC)cc2c1OCC#N. The summed E-state index contributed by atoms with van der Waals surface area (Å²) in [6, 6.07) is 7.29. The number of esters is 1. The lowest BCUT2D eigenvalue weighted by Gasteiger charge is -2.04. The van der Waals surface area contributed by atoms with Gasteiger partial charge >= 0.3 is 5.97 Å². The molecule has 1 heterocycles. The molecule has 0 spiro atoms. The zero-order chi connectivity index (χ0) is 13.8. The number of hydrogen-bond acceptors (Lipinski definition) is 6. The Balaban J connectivity index is 2.60.